The van der Waals surface area contributed by atoms with Gasteiger partial charge in [0, 0.05) is 43.6 Å². The summed E-state index contributed by atoms with van der Waals surface area (Å²) in [4.78, 5) is 5.03. The van der Waals surface area contributed by atoms with Crippen LogP contribution in [0.25, 0.3) is 93.7 Å². The van der Waals surface area contributed by atoms with Gasteiger partial charge in [-0.05, 0) is 60.1 Å². The van der Waals surface area contributed by atoms with Gasteiger partial charge < -0.3 is 9.13 Å². The summed E-state index contributed by atoms with van der Waals surface area (Å²) in [5, 5.41) is 4.06. The number of benzene rings is 7. The van der Waals surface area contributed by atoms with Crippen LogP contribution in [0.2, 0.25) is 0 Å². The number of pyridine rings is 1. The predicted molar refractivity (Wildman–Crippen MR) is 213 cm³/mol. The summed E-state index contributed by atoms with van der Waals surface area (Å²) in [6, 6.07) is 40.2. The molecule has 0 aliphatic rings. The molecule has 0 aliphatic carbocycles. The third-order valence-corrected chi connectivity index (χ3v) is 9.93. The number of para-hydroxylation sites is 6. The molecule has 0 spiro atoms. The first kappa shape index (κ1) is 21.2. The molecule has 0 saturated heterocycles. The summed E-state index contributed by atoms with van der Waals surface area (Å²) in [5.74, 6) is 0. The van der Waals surface area contributed by atoms with Crippen molar-refractivity contribution in [2.24, 2.45) is 0 Å². The van der Waals surface area contributed by atoms with E-state index in [9.17, 15) is 0 Å². The zero-order valence-corrected chi connectivity index (χ0v) is 27.0. The van der Waals surface area contributed by atoms with E-state index >= 15 is 0 Å². The van der Waals surface area contributed by atoms with E-state index in [1.807, 2.05) is 42.5 Å². The number of aromatic nitrogens is 4. The third-order valence-electron chi connectivity index (χ3n) is 9.93. The Morgan fingerprint density at radius 2 is 0.980 bits per heavy atom. The van der Waals surface area contributed by atoms with E-state index in [4.69, 9.17) is 16.0 Å². The summed E-state index contributed by atoms with van der Waals surface area (Å²) in [7, 11) is 0. The highest BCUT2D eigenvalue weighted by Crippen LogP contribution is 2.39. The first-order valence-corrected chi connectivity index (χ1v) is 16.7. The van der Waals surface area contributed by atoms with Gasteiger partial charge in [-0.25, -0.2) is 4.98 Å². The number of nitrogens with zero attached hydrogens (tertiary/aromatic N) is 4. The number of hydrogen-bond donors (Lipinski definition) is 0. The van der Waals surface area contributed by atoms with E-state index in [1.54, 1.807) is 6.20 Å². The van der Waals surface area contributed by atoms with Crippen molar-refractivity contribution in [3.63, 3.8) is 0 Å². The zero-order chi connectivity index (χ0) is 40.4. The van der Waals surface area contributed by atoms with Gasteiger partial charge in [0.25, 0.3) is 0 Å². The molecule has 0 saturated carbocycles. The minimum Gasteiger partial charge on any atom is -0.309 e. The van der Waals surface area contributed by atoms with E-state index in [0.29, 0.717) is 11.3 Å². The smallest absolute Gasteiger partial charge is 0.145 e. The molecule has 11 aromatic rings. The van der Waals surface area contributed by atoms with E-state index in [0.717, 1.165) is 49.8 Å². The lowest BCUT2D eigenvalue weighted by Gasteiger charge is -2.15. The van der Waals surface area contributed by atoms with Gasteiger partial charge in [0.2, 0.25) is 0 Å². The van der Waals surface area contributed by atoms with Gasteiger partial charge in [-0.2, -0.15) is 0 Å². The standard InChI is InChI=1S/C47H30N4/c1-7-22-41(51-45-26-11-4-19-37(45)38-20-5-12-27-46(38)51)34(16-1)31-14-13-15-32(28-31)50-44-25-10-6-21-39(44)40-29-33(30-48-47(40)50)49-42-23-8-2-17-35(42)36-18-3-9-24-43(36)49/h1-30H/i2D,3D,8D,9D,17D,18D,23D,24D. The highest BCUT2D eigenvalue weighted by atomic mass is 15.1. The molecule has 4 heterocycles. The van der Waals surface area contributed by atoms with Crippen molar-refractivity contribution < 1.29 is 11.0 Å². The lowest BCUT2D eigenvalue weighted by molar-refractivity contribution is 1.11. The Bertz CT molecular complexity index is 3490. The second-order valence-electron chi connectivity index (χ2n) is 12.6. The van der Waals surface area contributed by atoms with Crippen LogP contribution < -0.4 is 0 Å². The number of fused-ring (bicyclic) bond motifs is 9. The normalized spacial score (nSPS) is 14.1. The molecule has 4 aromatic heterocycles. The minimum atomic E-state index is -0.481. The van der Waals surface area contributed by atoms with Crippen LogP contribution in [-0.2, 0) is 0 Å². The van der Waals surface area contributed by atoms with Crippen LogP contribution >= 0.6 is 0 Å². The molecule has 0 radical (unpaired) electrons. The Morgan fingerprint density at radius 1 is 0.412 bits per heavy atom. The second kappa shape index (κ2) is 10.8. The van der Waals surface area contributed by atoms with Gasteiger partial charge in [-0.15, -0.1) is 0 Å². The first-order valence-electron chi connectivity index (χ1n) is 20.7. The Morgan fingerprint density at radius 3 is 1.67 bits per heavy atom. The summed E-state index contributed by atoms with van der Waals surface area (Å²) in [6.07, 6.45) is 1.60. The molecule has 11 rings (SSSR count). The fourth-order valence-electron chi connectivity index (χ4n) is 7.80. The molecule has 51 heavy (non-hydrogen) atoms. The van der Waals surface area contributed by atoms with E-state index in [-0.39, 0.29) is 46.0 Å². The van der Waals surface area contributed by atoms with Crippen molar-refractivity contribution in [1.29, 1.82) is 0 Å². The summed E-state index contributed by atoms with van der Waals surface area (Å²) in [5.41, 5.74) is 8.27. The molecule has 0 amide bonds. The van der Waals surface area contributed by atoms with Crippen molar-refractivity contribution in [3.8, 4) is 28.2 Å². The van der Waals surface area contributed by atoms with Crippen molar-refractivity contribution in [1.82, 2.24) is 18.7 Å². The average molecular weight is 659 g/mol. The van der Waals surface area contributed by atoms with Gasteiger partial charge >= 0.3 is 0 Å². The van der Waals surface area contributed by atoms with Gasteiger partial charge in [0.15, 0.2) is 0 Å². The predicted octanol–water partition coefficient (Wildman–Crippen LogP) is 12.0. The Labute approximate surface area is 304 Å². The van der Waals surface area contributed by atoms with E-state index in [1.165, 1.54) is 15.3 Å². The molecule has 0 unspecified atom stereocenters. The largest absolute Gasteiger partial charge is 0.309 e. The fourth-order valence-corrected chi connectivity index (χ4v) is 7.80. The van der Waals surface area contributed by atoms with Crippen LogP contribution in [0.15, 0.2) is 182 Å². The quantitative estimate of drug-likeness (QED) is 0.185. The molecule has 7 aromatic carbocycles. The molecule has 0 atom stereocenters. The molecular formula is C47H30N4. The van der Waals surface area contributed by atoms with Crippen molar-refractivity contribution in [3.05, 3.63) is 182 Å². The molecule has 4 heteroatoms. The zero-order valence-electron chi connectivity index (χ0n) is 35.0. The van der Waals surface area contributed by atoms with Crippen LogP contribution in [0.5, 0.6) is 0 Å². The first-order chi connectivity index (χ1) is 28.7. The average Bonchev–Trinajstić information content (AvgIpc) is 3.92. The van der Waals surface area contributed by atoms with Crippen LogP contribution in [0.4, 0.5) is 0 Å². The SMILES string of the molecule is [2H]c1c([2H])c([2H])c2c(c1[2H])c1c([2H])c([2H])c([2H])c([2H])c1n2-c1cnc2c(c1)c1ccccc1n2-c1cccc(-c2ccccc2-n2c3ccccc3c3ccccc32)c1. The van der Waals surface area contributed by atoms with Crippen molar-refractivity contribution >= 4 is 65.5 Å². The highest BCUT2D eigenvalue weighted by molar-refractivity contribution is 6.12. The topological polar surface area (TPSA) is 27.7 Å². The third kappa shape index (κ3) is 4.05. The van der Waals surface area contributed by atoms with Gasteiger partial charge in [-0.3, -0.25) is 4.57 Å². The van der Waals surface area contributed by atoms with Crippen LogP contribution in [0.3, 0.4) is 0 Å². The minimum absolute atomic E-state index is 0.0264. The van der Waals surface area contributed by atoms with Crippen LogP contribution in [0.1, 0.15) is 11.0 Å². The van der Waals surface area contributed by atoms with Gasteiger partial charge in [0.05, 0.1) is 56.1 Å². The second-order valence-corrected chi connectivity index (χ2v) is 12.6. The number of hydrogen-bond acceptors (Lipinski definition) is 1. The summed E-state index contributed by atoms with van der Waals surface area (Å²) < 4.78 is 75.5. The maximum absolute atomic E-state index is 8.98. The van der Waals surface area contributed by atoms with E-state index < -0.39 is 24.2 Å². The summed E-state index contributed by atoms with van der Waals surface area (Å²) in [6.45, 7) is 0. The van der Waals surface area contributed by atoms with Crippen molar-refractivity contribution in [2.45, 2.75) is 0 Å². The maximum Gasteiger partial charge on any atom is 0.145 e. The molecule has 0 bridgehead atoms. The molecule has 238 valence electrons. The summed E-state index contributed by atoms with van der Waals surface area (Å²) >= 11 is 0. The van der Waals surface area contributed by atoms with Crippen molar-refractivity contribution in [2.75, 3.05) is 0 Å². The van der Waals surface area contributed by atoms with Crippen LogP contribution in [0, 0.1) is 0 Å². The lowest BCUT2D eigenvalue weighted by Crippen LogP contribution is -1.99. The maximum atomic E-state index is 8.98. The van der Waals surface area contributed by atoms with Crippen LogP contribution in [-0.4, -0.2) is 18.7 Å². The molecule has 0 N–H and O–H groups in total. The molecular weight excluding hydrogens is 621 g/mol. The fraction of sp³-hybridized carbons (Fsp3) is 0. The van der Waals surface area contributed by atoms with E-state index in [2.05, 4.69) is 94.1 Å². The monoisotopic (exact) mass is 658 g/mol. The van der Waals surface area contributed by atoms with Gasteiger partial charge in [0.1, 0.15) is 5.65 Å². The van der Waals surface area contributed by atoms with Gasteiger partial charge in [-0.1, -0.05) is 121 Å². The Kier molecular flexibility index (Phi) is 4.49. The number of rotatable bonds is 4. The molecule has 4 nitrogen and oxygen atoms in total. The Balaban J connectivity index is 1.15. The molecule has 0 aliphatic heterocycles. The highest BCUT2D eigenvalue weighted by Gasteiger charge is 2.19. The molecule has 0 fully saturated rings. The lowest BCUT2D eigenvalue weighted by atomic mass is 10.0. The Hall–Kier alpha value is -6.91.